The molecule has 0 aromatic carbocycles. The van der Waals surface area contributed by atoms with Gasteiger partial charge in [0.15, 0.2) is 5.60 Å². The van der Waals surface area contributed by atoms with E-state index in [9.17, 15) is 15.0 Å². The molecule has 28 heavy (non-hydrogen) atoms. The molecule has 0 bridgehead atoms. The Kier molecular flexibility index (Phi) is 3.08. The number of carbonyl (C=O) groups excluding carboxylic acids is 1. The fourth-order valence-corrected chi connectivity index (χ4v) is 7.58. The van der Waals surface area contributed by atoms with Crippen LogP contribution in [0.3, 0.4) is 0 Å². The second-order valence-corrected chi connectivity index (χ2v) is 10.1. The van der Waals surface area contributed by atoms with E-state index in [0.29, 0.717) is 19.4 Å². The van der Waals surface area contributed by atoms with Crippen LogP contribution in [0.4, 0.5) is 0 Å². The first-order valence-corrected chi connectivity index (χ1v) is 10.4. The van der Waals surface area contributed by atoms with E-state index in [4.69, 9.17) is 18.9 Å². The zero-order chi connectivity index (χ0) is 19.9. The van der Waals surface area contributed by atoms with Gasteiger partial charge in [0.1, 0.15) is 36.1 Å². The lowest BCUT2D eigenvalue weighted by Gasteiger charge is -2.57. The topological polar surface area (TPSA) is 101 Å². The average Bonchev–Trinajstić information content (AvgIpc) is 3.53. The van der Waals surface area contributed by atoms with Crippen molar-refractivity contribution in [1.29, 1.82) is 0 Å². The molecule has 154 valence electrons. The van der Waals surface area contributed by atoms with Crippen LogP contribution in [0.1, 0.15) is 40.0 Å². The minimum absolute atomic E-state index is 0.114. The molecule has 6 rings (SSSR count). The molecule has 7 nitrogen and oxygen atoms in total. The standard InChI is InChI=1S/C21H28O7/c1-9(2)19(24)14(25-4)15-21(28-15)18(3)6-5-10-11(8-26-16(10)22)12(18)7-13-20(21,27-13)17(19)23/h9,12-15,17,23-24H,5-8H2,1-4H3/t12?,13?,14?,15?,17?,18-,19?,20?,21?/m0/s1. The predicted octanol–water partition coefficient (Wildman–Crippen LogP) is 0.712. The molecular weight excluding hydrogens is 364 g/mol. The summed E-state index contributed by atoms with van der Waals surface area (Å²) in [7, 11) is 1.57. The monoisotopic (exact) mass is 392 g/mol. The Morgan fingerprint density at radius 3 is 2.71 bits per heavy atom. The van der Waals surface area contributed by atoms with Crippen molar-refractivity contribution < 1.29 is 34.0 Å². The van der Waals surface area contributed by atoms with E-state index in [2.05, 4.69) is 6.92 Å². The number of cyclic esters (lactones) is 1. The first-order chi connectivity index (χ1) is 13.2. The third kappa shape index (κ3) is 1.50. The lowest BCUT2D eigenvalue weighted by atomic mass is 9.45. The number of ether oxygens (including phenoxy) is 4. The van der Waals surface area contributed by atoms with Crippen LogP contribution in [0.2, 0.25) is 0 Å². The number of esters is 1. The van der Waals surface area contributed by atoms with Crippen molar-refractivity contribution in [3.8, 4) is 0 Å². The highest BCUT2D eigenvalue weighted by molar-refractivity contribution is 5.92. The first-order valence-electron chi connectivity index (χ1n) is 10.4. The summed E-state index contributed by atoms with van der Waals surface area (Å²) in [4.78, 5) is 12.1. The fraction of sp³-hybridized carbons (Fsp3) is 0.857. The van der Waals surface area contributed by atoms with E-state index in [-0.39, 0.29) is 35.4 Å². The zero-order valence-electron chi connectivity index (χ0n) is 16.7. The van der Waals surface area contributed by atoms with Gasteiger partial charge in [0.2, 0.25) is 0 Å². The summed E-state index contributed by atoms with van der Waals surface area (Å²) in [5, 5.41) is 23.1. The molecular formula is C21H28O7. The van der Waals surface area contributed by atoms with Gasteiger partial charge in [-0.3, -0.25) is 0 Å². The molecule has 2 spiro atoms. The molecule has 6 aliphatic rings. The minimum atomic E-state index is -1.44. The molecule has 3 aliphatic heterocycles. The summed E-state index contributed by atoms with van der Waals surface area (Å²) >= 11 is 0. The van der Waals surface area contributed by atoms with Crippen molar-refractivity contribution in [3.05, 3.63) is 11.1 Å². The van der Waals surface area contributed by atoms with Gasteiger partial charge in [-0.15, -0.1) is 0 Å². The Labute approximate surface area is 164 Å². The molecule has 3 aliphatic carbocycles. The molecule has 3 heterocycles. The number of hydrogen-bond donors (Lipinski definition) is 2. The number of epoxide rings is 2. The van der Waals surface area contributed by atoms with Crippen LogP contribution in [-0.4, -0.2) is 71.1 Å². The maximum atomic E-state index is 12.1. The van der Waals surface area contributed by atoms with Crippen molar-refractivity contribution >= 4 is 5.97 Å². The highest BCUT2D eigenvalue weighted by Gasteiger charge is 2.96. The molecule has 2 saturated heterocycles. The summed E-state index contributed by atoms with van der Waals surface area (Å²) in [6, 6.07) is 0. The summed E-state index contributed by atoms with van der Waals surface area (Å²) < 4.78 is 23.8. The van der Waals surface area contributed by atoms with Crippen LogP contribution in [0.5, 0.6) is 0 Å². The zero-order valence-corrected chi connectivity index (χ0v) is 16.7. The summed E-state index contributed by atoms with van der Waals surface area (Å²) in [6.07, 6.45) is -0.131. The van der Waals surface area contributed by atoms with Gasteiger partial charge in [-0.2, -0.15) is 0 Å². The molecule has 0 aromatic rings. The van der Waals surface area contributed by atoms with Crippen LogP contribution in [-0.2, 0) is 23.7 Å². The third-order valence-corrected chi connectivity index (χ3v) is 9.12. The predicted molar refractivity (Wildman–Crippen MR) is 95.2 cm³/mol. The number of aliphatic hydroxyl groups is 2. The number of methoxy groups -OCH3 is 1. The van der Waals surface area contributed by atoms with E-state index in [0.717, 1.165) is 17.6 Å². The third-order valence-electron chi connectivity index (χ3n) is 9.12. The number of aliphatic hydroxyl groups excluding tert-OH is 1. The van der Waals surface area contributed by atoms with Gasteiger partial charge < -0.3 is 29.2 Å². The van der Waals surface area contributed by atoms with E-state index in [1.807, 2.05) is 13.8 Å². The Hall–Kier alpha value is -0.990. The van der Waals surface area contributed by atoms with Crippen LogP contribution in [0, 0.1) is 17.3 Å². The Bertz CT molecular complexity index is 822. The summed E-state index contributed by atoms with van der Waals surface area (Å²) in [6.45, 7) is 6.33. The molecule has 2 N–H and O–H groups in total. The fourth-order valence-electron chi connectivity index (χ4n) is 7.58. The van der Waals surface area contributed by atoms with Crippen molar-refractivity contribution in [3.63, 3.8) is 0 Å². The van der Waals surface area contributed by atoms with Crippen LogP contribution >= 0.6 is 0 Å². The van der Waals surface area contributed by atoms with Gasteiger partial charge in [0.05, 0.1) is 6.10 Å². The van der Waals surface area contributed by atoms with E-state index in [1.54, 1.807) is 7.11 Å². The average molecular weight is 392 g/mol. The summed E-state index contributed by atoms with van der Waals surface area (Å²) in [5.41, 5.74) is -1.46. The maximum Gasteiger partial charge on any atom is 0.334 e. The SMILES string of the molecule is COC1C2OC23C2(OC2CC2C4=C(CC[C@@]23C)C(=O)OC4)C(O)C1(O)C(C)C. The van der Waals surface area contributed by atoms with Crippen LogP contribution < -0.4 is 0 Å². The van der Waals surface area contributed by atoms with Crippen molar-refractivity contribution in [1.82, 2.24) is 0 Å². The lowest BCUT2D eigenvalue weighted by Crippen LogP contribution is -2.76. The molecule has 0 radical (unpaired) electrons. The van der Waals surface area contributed by atoms with Crippen molar-refractivity contribution in [2.45, 2.75) is 81.3 Å². The molecule has 0 aromatic heterocycles. The largest absolute Gasteiger partial charge is 0.458 e. The molecule has 4 fully saturated rings. The number of fused-ring (bicyclic) bond motifs is 2. The van der Waals surface area contributed by atoms with E-state index >= 15 is 0 Å². The van der Waals surface area contributed by atoms with Crippen molar-refractivity contribution in [2.24, 2.45) is 17.3 Å². The quantitative estimate of drug-likeness (QED) is 0.527. The van der Waals surface area contributed by atoms with Crippen LogP contribution in [0.15, 0.2) is 11.1 Å². The van der Waals surface area contributed by atoms with Gasteiger partial charge in [-0.05, 0) is 36.7 Å². The second-order valence-electron chi connectivity index (χ2n) is 10.1. The maximum absolute atomic E-state index is 12.1. The molecule has 8 unspecified atom stereocenters. The van der Waals surface area contributed by atoms with Gasteiger partial charge in [0, 0.05) is 18.1 Å². The van der Waals surface area contributed by atoms with E-state index in [1.165, 1.54) is 0 Å². The van der Waals surface area contributed by atoms with Crippen LogP contribution in [0.25, 0.3) is 0 Å². The van der Waals surface area contributed by atoms with Gasteiger partial charge >= 0.3 is 5.97 Å². The highest BCUT2D eigenvalue weighted by atomic mass is 16.7. The molecule has 2 saturated carbocycles. The Morgan fingerprint density at radius 1 is 1.29 bits per heavy atom. The number of carbonyl (C=O) groups is 1. The smallest absolute Gasteiger partial charge is 0.334 e. The molecule has 7 heteroatoms. The Morgan fingerprint density at radius 2 is 2.04 bits per heavy atom. The van der Waals surface area contributed by atoms with E-state index < -0.39 is 29.0 Å². The van der Waals surface area contributed by atoms with Crippen molar-refractivity contribution in [2.75, 3.05) is 13.7 Å². The lowest BCUT2D eigenvalue weighted by molar-refractivity contribution is -0.229. The summed E-state index contributed by atoms with van der Waals surface area (Å²) in [5.74, 6) is -0.298. The van der Waals surface area contributed by atoms with Gasteiger partial charge in [-0.1, -0.05) is 20.8 Å². The number of rotatable bonds is 2. The first kappa shape index (κ1) is 17.8. The van der Waals surface area contributed by atoms with Gasteiger partial charge in [0.25, 0.3) is 0 Å². The normalized spacial score (nSPS) is 58.4. The minimum Gasteiger partial charge on any atom is -0.458 e. The highest BCUT2D eigenvalue weighted by Crippen LogP contribution is 2.79. The molecule has 0 amide bonds. The second kappa shape index (κ2) is 4.83. The number of hydrogen-bond acceptors (Lipinski definition) is 7. The Balaban J connectivity index is 1.50. The van der Waals surface area contributed by atoms with Gasteiger partial charge in [-0.25, -0.2) is 4.79 Å². The molecule has 9 atom stereocenters.